The van der Waals surface area contributed by atoms with Gasteiger partial charge in [-0.05, 0) is 19.8 Å². The predicted molar refractivity (Wildman–Crippen MR) is 75.6 cm³/mol. The van der Waals surface area contributed by atoms with Gasteiger partial charge in [-0.3, -0.25) is 19.9 Å². The maximum Gasteiger partial charge on any atom is 0.294 e. The Hall–Kier alpha value is -1.51. The number of amides is 2. The molecule has 1 aromatic rings. The fourth-order valence-electron chi connectivity index (χ4n) is 2.39. The molecule has 1 aromatic heterocycles. The van der Waals surface area contributed by atoms with Gasteiger partial charge in [-0.2, -0.15) is 0 Å². The molecule has 1 aliphatic heterocycles. The van der Waals surface area contributed by atoms with Gasteiger partial charge >= 0.3 is 0 Å². The smallest absolute Gasteiger partial charge is 0.294 e. The average Bonchev–Trinajstić information content (AvgIpc) is 2.88. The van der Waals surface area contributed by atoms with E-state index >= 15 is 0 Å². The molecule has 1 saturated heterocycles. The Morgan fingerprint density at radius 2 is 2.30 bits per heavy atom. The van der Waals surface area contributed by atoms with E-state index in [1.165, 1.54) is 11.3 Å². The lowest BCUT2D eigenvalue weighted by Crippen LogP contribution is -2.45. The van der Waals surface area contributed by atoms with Crippen molar-refractivity contribution in [3.63, 3.8) is 0 Å². The van der Waals surface area contributed by atoms with Gasteiger partial charge in [0.05, 0.1) is 11.6 Å². The zero-order chi connectivity index (χ0) is 14.7. The quantitative estimate of drug-likeness (QED) is 0.405. The molecule has 0 bridgehead atoms. The number of carbonyl (C=O) groups excluding carboxylic acids is 2. The van der Waals surface area contributed by atoms with Gasteiger partial charge in [-0.15, -0.1) is 11.3 Å². The number of likely N-dealkylation sites (tertiary alicyclic amines) is 1. The second kappa shape index (κ2) is 6.29. The van der Waals surface area contributed by atoms with Crippen molar-refractivity contribution in [1.82, 2.24) is 15.3 Å². The molecule has 2 heterocycles. The topological polar surface area (TPSA) is 114 Å². The van der Waals surface area contributed by atoms with Crippen molar-refractivity contribution in [3.8, 4) is 0 Å². The fourth-order valence-corrected chi connectivity index (χ4v) is 3.10. The first-order valence-electron chi connectivity index (χ1n) is 6.50. The zero-order valence-electron chi connectivity index (χ0n) is 11.3. The highest BCUT2D eigenvalue weighted by atomic mass is 32.1. The molecule has 2 rings (SSSR count). The van der Waals surface area contributed by atoms with Crippen molar-refractivity contribution in [3.05, 3.63) is 16.1 Å². The molecule has 2 unspecified atom stereocenters. The Kier molecular flexibility index (Phi) is 4.69. The van der Waals surface area contributed by atoms with Gasteiger partial charge in [0.2, 0.25) is 5.91 Å². The Labute approximate surface area is 121 Å². The number of nitrogens with two attached hydrogens (primary N) is 2. The van der Waals surface area contributed by atoms with E-state index in [1.54, 1.807) is 0 Å². The first kappa shape index (κ1) is 14.9. The summed E-state index contributed by atoms with van der Waals surface area (Å²) in [6.07, 6.45) is 1.78. The third-order valence-corrected chi connectivity index (χ3v) is 4.55. The van der Waals surface area contributed by atoms with Crippen molar-refractivity contribution in [2.45, 2.75) is 32.4 Å². The number of nitrogen functional groups attached to an aromatic ring is 1. The molecule has 8 heteroatoms. The van der Waals surface area contributed by atoms with Gasteiger partial charge in [-0.25, -0.2) is 10.8 Å². The molecule has 0 radical (unpaired) electrons. The molecule has 2 amide bonds. The van der Waals surface area contributed by atoms with E-state index in [0.29, 0.717) is 24.1 Å². The van der Waals surface area contributed by atoms with Gasteiger partial charge in [0.25, 0.3) is 5.91 Å². The van der Waals surface area contributed by atoms with E-state index in [9.17, 15) is 9.59 Å². The molecule has 110 valence electrons. The van der Waals surface area contributed by atoms with Crippen molar-refractivity contribution in [2.75, 3.05) is 6.54 Å². The van der Waals surface area contributed by atoms with Crippen molar-refractivity contribution < 1.29 is 9.59 Å². The monoisotopic (exact) mass is 297 g/mol. The van der Waals surface area contributed by atoms with Crippen LogP contribution >= 0.6 is 11.3 Å². The van der Waals surface area contributed by atoms with Gasteiger partial charge in [0.1, 0.15) is 0 Å². The number of thiazole rings is 1. The van der Waals surface area contributed by atoms with Crippen LogP contribution in [0.1, 0.15) is 35.3 Å². The third-order valence-electron chi connectivity index (χ3n) is 3.66. The number of aromatic nitrogens is 1. The van der Waals surface area contributed by atoms with Crippen LogP contribution in [0.15, 0.2) is 5.38 Å². The number of primary amides is 1. The largest absolute Gasteiger partial charge is 0.369 e. The zero-order valence-corrected chi connectivity index (χ0v) is 12.2. The van der Waals surface area contributed by atoms with Crippen LogP contribution in [0.2, 0.25) is 0 Å². The van der Waals surface area contributed by atoms with Crippen LogP contribution < -0.4 is 17.0 Å². The summed E-state index contributed by atoms with van der Waals surface area (Å²) in [6, 6.07) is 0.374. The number of hydrazine groups is 1. The van der Waals surface area contributed by atoms with Crippen molar-refractivity contribution in [2.24, 2.45) is 17.5 Å². The first-order chi connectivity index (χ1) is 9.51. The Morgan fingerprint density at radius 3 is 2.95 bits per heavy atom. The Bertz CT molecular complexity index is 504. The molecule has 20 heavy (non-hydrogen) atoms. The molecule has 0 aliphatic carbocycles. The summed E-state index contributed by atoms with van der Waals surface area (Å²) in [5, 5.41) is 2.18. The summed E-state index contributed by atoms with van der Waals surface area (Å²) in [4.78, 5) is 29.1. The van der Waals surface area contributed by atoms with Crippen LogP contribution in [0.25, 0.3) is 0 Å². The van der Waals surface area contributed by atoms with Gasteiger partial charge in [-0.1, -0.05) is 0 Å². The highest BCUT2D eigenvalue weighted by Crippen LogP contribution is 2.24. The molecule has 1 fully saturated rings. The lowest BCUT2D eigenvalue weighted by atomic mass is 9.93. The van der Waals surface area contributed by atoms with Gasteiger partial charge in [0.15, 0.2) is 5.01 Å². The SMILES string of the molecule is CC1CCC(C(N)=O)CN1Cc1csc(C(=O)NN)n1. The number of carbonyl (C=O) groups is 2. The molecule has 2 atom stereocenters. The summed E-state index contributed by atoms with van der Waals surface area (Å²) in [5.74, 6) is 4.34. The second-order valence-corrected chi connectivity index (χ2v) is 5.93. The minimum Gasteiger partial charge on any atom is -0.369 e. The fraction of sp³-hybridized carbons (Fsp3) is 0.583. The van der Waals surface area contributed by atoms with E-state index in [1.807, 2.05) is 5.38 Å². The lowest BCUT2D eigenvalue weighted by Gasteiger charge is -2.36. The maximum atomic E-state index is 11.4. The number of hydrogen-bond acceptors (Lipinski definition) is 6. The van der Waals surface area contributed by atoms with Crippen molar-refractivity contribution in [1.29, 1.82) is 0 Å². The van der Waals surface area contributed by atoms with E-state index in [-0.39, 0.29) is 17.7 Å². The standard InChI is InChI=1S/C12H19N5O2S/c1-7-2-3-8(10(13)18)4-17(7)5-9-6-20-12(15-9)11(19)16-14/h6-8H,2-5,14H2,1H3,(H2,13,18)(H,16,19). The molecule has 1 aliphatic rings. The normalized spacial score (nSPS) is 23.5. The number of hydrogen-bond donors (Lipinski definition) is 3. The average molecular weight is 297 g/mol. The number of piperidine rings is 1. The van der Waals surface area contributed by atoms with Crippen LogP contribution in [-0.2, 0) is 11.3 Å². The summed E-state index contributed by atoms with van der Waals surface area (Å²) >= 11 is 1.26. The number of nitrogens with one attached hydrogen (secondary N) is 1. The summed E-state index contributed by atoms with van der Waals surface area (Å²) < 4.78 is 0. The van der Waals surface area contributed by atoms with Gasteiger partial charge in [0, 0.05) is 24.5 Å². The highest BCUT2D eigenvalue weighted by molar-refractivity contribution is 7.11. The maximum absolute atomic E-state index is 11.4. The van der Waals surface area contributed by atoms with E-state index in [0.717, 1.165) is 18.5 Å². The van der Waals surface area contributed by atoms with Gasteiger partial charge < -0.3 is 5.73 Å². The molecule has 0 saturated carbocycles. The Balaban J connectivity index is 2.02. The van der Waals surface area contributed by atoms with E-state index in [4.69, 9.17) is 11.6 Å². The summed E-state index contributed by atoms with van der Waals surface area (Å²) in [5.41, 5.74) is 8.26. The minimum atomic E-state index is -0.386. The Morgan fingerprint density at radius 1 is 1.55 bits per heavy atom. The number of nitrogens with zero attached hydrogens (tertiary/aromatic N) is 2. The van der Waals surface area contributed by atoms with E-state index < -0.39 is 0 Å². The summed E-state index contributed by atoms with van der Waals surface area (Å²) in [6.45, 7) is 3.38. The predicted octanol–water partition coefficient (Wildman–Crippen LogP) is -0.168. The lowest BCUT2D eigenvalue weighted by molar-refractivity contribution is -0.124. The van der Waals surface area contributed by atoms with Crippen LogP contribution in [0, 0.1) is 5.92 Å². The molecule has 0 spiro atoms. The first-order valence-corrected chi connectivity index (χ1v) is 7.38. The van der Waals surface area contributed by atoms with E-state index in [2.05, 4.69) is 22.2 Å². The van der Waals surface area contributed by atoms with Crippen LogP contribution in [0.3, 0.4) is 0 Å². The van der Waals surface area contributed by atoms with Crippen LogP contribution in [0.4, 0.5) is 0 Å². The highest BCUT2D eigenvalue weighted by Gasteiger charge is 2.29. The van der Waals surface area contributed by atoms with Crippen LogP contribution in [0.5, 0.6) is 0 Å². The second-order valence-electron chi connectivity index (χ2n) is 5.07. The van der Waals surface area contributed by atoms with Crippen molar-refractivity contribution >= 4 is 23.2 Å². The van der Waals surface area contributed by atoms with Crippen LogP contribution in [-0.4, -0.2) is 34.3 Å². The molecule has 5 N–H and O–H groups in total. The molecule has 7 nitrogen and oxygen atoms in total. The molecular weight excluding hydrogens is 278 g/mol. The third kappa shape index (κ3) is 3.33. The molecule has 0 aromatic carbocycles. The molecular formula is C12H19N5O2S. The summed E-state index contributed by atoms with van der Waals surface area (Å²) in [7, 11) is 0. The minimum absolute atomic E-state index is 0.100. The number of rotatable bonds is 4.